The summed E-state index contributed by atoms with van der Waals surface area (Å²) in [5.74, 6) is 0. The first-order valence-electron chi connectivity index (χ1n) is 8.18. The van der Waals surface area contributed by atoms with Crippen molar-refractivity contribution in [2.24, 2.45) is 0 Å². The second kappa shape index (κ2) is 6.71. The Bertz CT molecular complexity index is 688. The summed E-state index contributed by atoms with van der Waals surface area (Å²) in [6, 6.07) is 17.9. The van der Waals surface area contributed by atoms with E-state index in [4.69, 9.17) is 0 Å². The summed E-state index contributed by atoms with van der Waals surface area (Å²) in [6.45, 7) is 2.82. The average molecular weight is 326 g/mol. The fourth-order valence-electron chi connectivity index (χ4n) is 3.58. The summed E-state index contributed by atoms with van der Waals surface area (Å²) in [6.07, 6.45) is 0.384. The van der Waals surface area contributed by atoms with Gasteiger partial charge in [-0.05, 0) is 24.5 Å². The van der Waals surface area contributed by atoms with Crippen molar-refractivity contribution in [3.8, 4) is 0 Å². The van der Waals surface area contributed by atoms with E-state index in [1.165, 1.54) is 0 Å². The quantitative estimate of drug-likeness (QED) is 0.693. The molecule has 0 radical (unpaired) electrons. The second-order valence-corrected chi connectivity index (χ2v) is 6.65. The van der Waals surface area contributed by atoms with Crippen LogP contribution in [0.1, 0.15) is 30.5 Å². The zero-order valence-electron chi connectivity index (χ0n) is 13.7. The minimum atomic E-state index is -1.32. The van der Waals surface area contributed by atoms with Crippen LogP contribution in [0.15, 0.2) is 60.7 Å². The summed E-state index contributed by atoms with van der Waals surface area (Å²) >= 11 is 0. The predicted molar refractivity (Wildman–Crippen MR) is 92.1 cm³/mol. The molecule has 3 atom stereocenters. The molecule has 3 rings (SSSR count). The molecule has 0 aliphatic carbocycles. The third-order valence-electron chi connectivity index (χ3n) is 4.83. The standard InChI is InChI=1S/C19H22N2O3/c1-19(22)12-13-20(14-15-8-4-2-5-9-15)17(18(19)21(23)24)16-10-6-3-7-11-16/h2-11,17-18,22H,12-14H2,1H3/t17-,18-,19+/m0/s1. The third kappa shape index (κ3) is 3.32. The molecule has 2 aromatic carbocycles. The lowest BCUT2D eigenvalue weighted by molar-refractivity contribution is -0.558. The molecule has 1 aliphatic heterocycles. The molecule has 24 heavy (non-hydrogen) atoms. The van der Waals surface area contributed by atoms with Crippen molar-refractivity contribution < 1.29 is 10.0 Å². The molecule has 5 nitrogen and oxygen atoms in total. The lowest BCUT2D eigenvalue weighted by Crippen LogP contribution is -2.58. The normalized spacial score (nSPS) is 27.8. The molecule has 0 unspecified atom stereocenters. The minimum absolute atomic E-state index is 0.325. The maximum Gasteiger partial charge on any atom is 0.260 e. The Hall–Kier alpha value is -2.24. The van der Waals surface area contributed by atoms with Gasteiger partial charge in [0.15, 0.2) is 0 Å². The largest absolute Gasteiger partial charge is 0.383 e. The van der Waals surface area contributed by atoms with E-state index in [-0.39, 0.29) is 4.92 Å². The Labute approximate surface area is 141 Å². The topological polar surface area (TPSA) is 66.6 Å². The van der Waals surface area contributed by atoms with Crippen molar-refractivity contribution in [1.82, 2.24) is 4.90 Å². The highest BCUT2D eigenvalue weighted by molar-refractivity contribution is 5.24. The third-order valence-corrected chi connectivity index (χ3v) is 4.83. The van der Waals surface area contributed by atoms with Gasteiger partial charge in [-0.2, -0.15) is 0 Å². The second-order valence-electron chi connectivity index (χ2n) is 6.65. The lowest BCUT2D eigenvalue weighted by atomic mass is 9.80. The van der Waals surface area contributed by atoms with Gasteiger partial charge in [-0.3, -0.25) is 15.0 Å². The Balaban J connectivity index is 1.99. The van der Waals surface area contributed by atoms with Crippen LogP contribution >= 0.6 is 0 Å². The number of benzene rings is 2. The number of hydrogen-bond acceptors (Lipinski definition) is 4. The smallest absolute Gasteiger partial charge is 0.260 e. The van der Waals surface area contributed by atoms with Gasteiger partial charge < -0.3 is 5.11 Å². The molecule has 1 aliphatic rings. The van der Waals surface area contributed by atoms with Gasteiger partial charge in [0.2, 0.25) is 0 Å². The molecule has 0 amide bonds. The van der Waals surface area contributed by atoms with Gasteiger partial charge >= 0.3 is 0 Å². The zero-order chi connectivity index (χ0) is 17.2. The van der Waals surface area contributed by atoms with E-state index >= 15 is 0 Å². The van der Waals surface area contributed by atoms with E-state index in [9.17, 15) is 15.2 Å². The predicted octanol–water partition coefficient (Wildman–Crippen LogP) is 3.03. The van der Waals surface area contributed by atoms with E-state index in [1.54, 1.807) is 6.92 Å². The monoisotopic (exact) mass is 326 g/mol. The summed E-state index contributed by atoms with van der Waals surface area (Å²) < 4.78 is 0. The fourth-order valence-corrected chi connectivity index (χ4v) is 3.58. The van der Waals surface area contributed by atoms with E-state index in [2.05, 4.69) is 4.90 Å². The molecule has 1 N–H and O–H groups in total. The average Bonchev–Trinajstić information content (AvgIpc) is 2.57. The van der Waals surface area contributed by atoms with Crippen LogP contribution in [0.25, 0.3) is 0 Å². The number of rotatable bonds is 4. The fraction of sp³-hybridized carbons (Fsp3) is 0.368. The van der Waals surface area contributed by atoms with E-state index < -0.39 is 17.7 Å². The maximum atomic E-state index is 11.8. The van der Waals surface area contributed by atoms with Crippen LogP contribution in [0.2, 0.25) is 0 Å². The van der Waals surface area contributed by atoms with Gasteiger partial charge in [0.05, 0.1) is 0 Å². The molecule has 0 aromatic heterocycles. The van der Waals surface area contributed by atoms with Crippen LogP contribution < -0.4 is 0 Å². The van der Waals surface area contributed by atoms with Crippen LogP contribution in [0.3, 0.4) is 0 Å². The Kier molecular flexibility index (Phi) is 4.64. The van der Waals surface area contributed by atoms with Gasteiger partial charge in [0, 0.05) is 18.0 Å². The molecule has 0 saturated carbocycles. The first-order chi connectivity index (χ1) is 11.5. The van der Waals surface area contributed by atoms with Crippen LogP contribution in [0, 0.1) is 10.1 Å². The number of aliphatic hydroxyl groups is 1. The van der Waals surface area contributed by atoms with Crippen molar-refractivity contribution in [3.05, 3.63) is 81.9 Å². The van der Waals surface area contributed by atoms with Crippen LogP contribution in [0.5, 0.6) is 0 Å². The minimum Gasteiger partial charge on any atom is -0.383 e. The Morgan fingerprint density at radius 2 is 1.75 bits per heavy atom. The van der Waals surface area contributed by atoms with Crippen LogP contribution in [-0.2, 0) is 6.54 Å². The lowest BCUT2D eigenvalue weighted by Gasteiger charge is -2.44. The number of nitrogens with zero attached hydrogens (tertiary/aromatic N) is 2. The first kappa shape index (κ1) is 16.6. The van der Waals surface area contributed by atoms with Gasteiger partial charge in [0.1, 0.15) is 11.6 Å². The summed E-state index contributed by atoms with van der Waals surface area (Å²) in [4.78, 5) is 13.6. The summed E-state index contributed by atoms with van der Waals surface area (Å²) in [5, 5.41) is 22.4. The SMILES string of the molecule is C[C@@]1(O)CCN(Cc2ccccc2)[C@@H](c2ccccc2)[C@@H]1[N+](=O)[O-]. The van der Waals surface area contributed by atoms with Crippen molar-refractivity contribution in [2.45, 2.75) is 37.6 Å². The highest BCUT2D eigenvalue weighted by Crippen LogP contribution is 2.39. The molecule has 2 aromatic rings. The molecular formula is C19H22N2O3. The number of nitro groups is 1. The molecule has 5 heteroatoms. The molecule has 126 valence electrons. The van der Waals surface area contributed by atoms with Crippen molar-refractivity contribution in [2.75, 3.05) is 6.54 Å². The molecule has 1 saturated heterocycles. The van der Waals surface area contributed by atoms with Gasteiger partial charge in [-0.15, -0.1) is 0 Å². The molecule has 1 fully saturated rings. The van der Waals surface area contributed by atoms with E-state index in [1.807, 2.05) is 60.7 Å². The van der Waals surface area contributed by atoms with Gasteiger partial charge in [-0.1, -0.05) is 60.7 Å². The van der Waals surface area contributed by atoms with Gasteiger partial charge in [0.25, 0.3) is 6.04 Å². The van der Waals surface area contributed by atoms with Gasteiger partial charge in [-0.25, -0.2) is 0 Å². The zero-order valence-corrected chi connectivity index (χ0v) is 13.7. The van der Waals surface area contributed by atoms with E-state index in [0.717, 1.165) is 11.1 Å². The number of piperidine rings is 1. The first-order valence-corrected chi connectivity index (χ1v) is 8.18. The Morgan fingerprint density at radius 3 is 2.33 bits per heavy atom. The molecule has 0 spiro atoms. The summed E-state index contributed by atoms with van der Waals surface area (Å²) in [5.41, 5.74) is 0.661. The number of likely N-dealkylation sites (tertiary alicyclic amines) is 1. The molecular weight excluding hydrogens is 304 g/mol. The van der Waals surface area contributed by atoms with E-state index in [0.29, 0.717) is 19.5 Å². The van der Waals surface area contributed by atoms with Crippen LogP contribution in [-0.4, -0.2) is 33.1 Å². The summed E-state index contributed by atoms with van der Waals surface area (Å²) in [7, 11) is 0. The number of hydrogen-bond donors (Lipinski definition) is 1. The Morgan fingerprint density at radius 1 is 1.17 bits per heavy atom. The van der Waals surface area contributed by atoms with Crippen molar-refractivity contribution in [3.63, 3.8) is 0 Å². The molecule has 0 bridgehead atoms. The van der Waals surface area contributed by atoms with Crippen molar-refractivity contribution in [1.29, 1.82) is 0 Å². The van der Waals surface area contributed by atoms with Crippen molar-refractivity contribution >= 4 is 0 Å². The molecule has 1 heterocycles. The van der Waals surface area contributed by atoms with Crippen LogP contribution in [0.4, 0.5) is 0 Å². The maximum absolute atomic E-state index is 11.8. The highest BCUT2D eigenvalue weighted by Gasteiger charge is 2.53. The highest BCUT2D eigenvalue weighted by atomic mass is 16.6.